The van der Waals surface area contributed by atoms with Crippen molar-refractivity contribution >= 4 is 0 Å². The van der Waals surface area contributed by atoms with E-state index in [0.29, 0.717) is 5.76 Å². The number of hydroxylamine groups is 2. The van der Waals surface area contributed by atoms with Crippen LogP contribution in [0.4, 0.5) is 0 Å². The van der Waals surface area contributed by atoms with E-state index in [1.165, 1.54) is 0 Å². The van der Waals surface area contributed by atoms with Crippen LogP contribution in [-0.2, 0) is 4.84 Å². The third-order valence-electron chi connectivity index (χ3n) is 2.57. The lowest BCUT2D eigenvalue weighted by Gasteiger charge is -2.14. The number of ether oxygens (including phenoxy) is 1. The summed E-state index contributed by atoms with van der Waals surface area (Å²) >= 11 is 0. The van der Waals surface area contributed by atoms with Gasteiger partial charge in [0.15, 0.2) is 5.76 Å². The second kappa shape index (κ2) is 3.10. The first kappa shape index (κ1) is 9.45. The Morgan fingerprint density at radius 1 is 1.44 bits per heavy atom. The number of nitrogens with zero attached hydrogens (tertiary/aromatic N) is 1. The van der Waals surface area contributed by atoms with Crippen molar-refractivity contribution in [2.45, 2.75) is 12.8 Å². The van der Waals surface area contributed by atoms with Gasteiger partial charge in [0.2, 0.25) is 0 Å². The van der Waals surface area contributed by atoms with Gasteiger partial charge in [-0.25, -0.2) is 9.90 Å². The highest BCUT2D eigenvalue weighted by atomic mass is 16.9. The van der Waals surface area contributed by atoms with Gasteiger partial charge in [-0.3, -0.25) is 5.73 Å². The summed E-state index contributed by atoms with van der Waals surface area (Å²) in [6.45, 7) is 2.01. The Labute approximate surface area is 93.5 Å². The average Bonchev–Trinajstić information content (AvgIpc) is 2.91. The molecule has 1 unspecified atom stereocenters. The van der Waals surface area contributed by atoms with Crippen LogP contribution >= 0.6 is 0 Å². The van der Waals surface area contributed by atoms with Crippen LogP contribution in [0.3, 0.4) is 0 Å². The predicted octanol–water partition coefficient (Wildman–Crippen LogP) is 1.64. The molecule has 1 atom stereocenters. The van der Waals surface area contributed by atoms with Crippen molar-refractivity contribution in [3.63, 3.8) is 0 Å². The van der Waals surface area contributed by atoms with Crippen LogP contribution in [0.15, 0.2) is 48.4 Å². The van der Waals surface area contributed by atoms with Crippen LogP contribution in [-0.4, -0.2) is 10.9 Å². The summed E-state index contributed by atoms with van der Waals surface area (Å²) in [5.41, 5.74) is 7.08. The molecule has 4 heteroatoms. The molecule has 0 radical (unpaired) electrons. The zero-order chi connectivity index (χ0) is 11.2. The van der Waals surface area contributed by atoms with Crippen LogP contribution in [0.2, 0.25) is 0 Å². The maximum Gasteiger partial charge on any atom is 0.301 e. The Bertz CT molecular complexity index is 496. The van der Waals surface area contributed by atoms with Crippen LogP contribution < -0.4 is 10.5 Å². The smallest absolute Gasteiger partial charge is 0.301 e. The van der Waals surface area contributed by atoms with E-state index in [-0.39, 0.29) is 0 Å². The third-order valence-corrected chi connectivity index (χ3v) is 2.57. The molecule has 1 fully saturated rings. The van der Waals surface area contributed by atoms with E-state index in [2.05, 4.69) is 0 Å². The Morgan fingerprint density at radius 3 is 3.12 bits per heavy atom. The van der Waals surface area contributed by atoms with E-state index in [1.807, 2.05) is 43.3 Å². The molecule has 0 bridgehead atoms. The fourth-order valence-electron chi connectivity index (χ4n) is 1.67. The molecule has 0 spiro atoms. The molecule has 0 aliphatic carbocycles. The van der Waals surface area contributed by atoms with E-state index in [0.717, 1.165) is 11.3 Å². The topological polar surface area (TPSA) is 50.8 Å². The van der Waals surface area contributed by atoms with E-state index in [1.54, 1.807) is 11.3 Å². The monoisotopic (exact) mass is 216 g/mol. The summed E-state index contributed by atoms with van der Waals surface area (Å²) in [7, 11) is 0. The van der Waals surface area contributed by atoms with Crippen molar-refractivity contribution in [3.05, 3.63) is 53.9 Å². The standard InChI is InChI=1S/C12H12N2O2/c1-9-4-2-5-10(8-9)15-11-6-3-7-14-12(11,13)16-14/h2-8H,13H2,1H3. The van der Waals surface area contributed by atoms with Crippen LogP contribution in [0, 0.1) is 6.92 Å². The second-order valence-electron chi connectivity index (χ2n) is 3.90. The summed E-state index contributed by atoms with van der Waals surface area (Å²) in [4.78, 5) is 5.21. The van der Waals surface area contributed by atoms with Crippen LogP contribution in [0.5, 0.6) is 5.75 Å². The van der Waals surface area contributed by atoms with Gasteiger partial charge in [-0.05, 0) is 36.8 Å². The lowest BCUT2D eigenvalue weighted by molar-refractivity contribution is 0.228. The Hall–Kier alpha value is -1.78. The quantitative estimate of drug-likeness (QED) is 0.763. The minimum atomic E-state index is -0.904. The Morgan fingerprint density at radius 2 is 2.31 bits per heavy atom. The normalized spacial score (nSPS) is 26.1. The fraction of sp³-hybridized carbons (Fsp3) is 0.167. The number of rotatable bonds is 2. The third kappa shape index (κ3) is 1.39. The van der Waals surface area contributed by atoms with Gasteiger partial charge in [0.25, 0.3) is 0 Å². The molecule has 0 aromatic heterocycles. The molecule has 82 valence electrons. The molecule has 2 N–H and O–H groups in total. The van der Waals surface area contributed by atoms with Gasteiger partial charge < -0.3 is 4.74 Å². The van der Waals surface area contributed by atoms with Crippen molar-refractivity contribution in [1.29, 1.82) is 0 Å². The van der Waals surface area contributed by atoms with Crippen molar-refractivity contribution in [3.8, 4) is 5.75 Å². The summed E-state index contributed by atoms with van der Waals surface area (Å²) in [5.74, 6) is 0.459. The van der Waals surface area contributed by atoms with E-state index < -0.39 is 5.85 Å². The highest BCUT2D eigenvalue weighted by Gasteiger charge is 2.56. The van der Waals surface area contributed by atoms with Gasteiger partial charge in [0, 0.05) is 6.20 Å². The number of benzene rings is 1. The number of nitrogens with two attached hydrogens (primary N) is 1. The zero-order valence-corrected chi connectivity index (χ0v) is 8.88. The largest absolute Gasteiger partial charge is 0.455 e. The van der Waals surface area contributed by atoms with Crippen molar-refractivity contribution in [2.75, 3.05) is 0 Å². The first-order valence-electron chi connectivity index (χ1n) is 5.09. The number of hydrogen-bond acceptors (Lipinski definition) is 4. The molecule has 0 saturated carbocycles. The van der Waals surface area contributed by atoms with E-state index in [9.17, 15) is 0 Å². The molecule has 3 rings (SSSR count). The van der Waals surface area contributed by atoms with Gasteiger partial charge in [-0.2, -0.15) is 0 Å². The van der Waals surface area contributed by atoms with E-state index in [4.69, 9.17) is 15.3 Å². The average molecular weight is 216 g/mol. The molecule has 2 aliphatic heterocycles. The molecular weight excluding hydrogens is 204 g/mol. The van der Waals surface area contributed by atoms with Crippen molar-refractivity contribution < 1.29 is 9.57 Å². The molecule has 1 aromatic rings. The molecule has 4 nitrogen and oxygen atoms in total. The van der Waals surface area contributed by atoms with Gasteiger partial charge in [0.1, 0.15) is 5.75 Å². The maximum atomic E-state index is 5.94. The predicted molar refractivity (Wildman–Crippen MR) is 58.9 cm³/mol. The summed E-state index contributed by atoms with van der Waals surface area (Å²) < 4.78 is 5.71. The molecule has 2 aliphatic rings. The molecule has 1 aromatic carbocycles. The number of aryl methyl sites for hydroxylation is 1. The van der Waals surface area contributed by atoms with Crippen LogP contribution in [0.1, 0.15) is 5.56 Å². The molecular formula is C12H12N2O2. The highest BCUT2D eigenvalue weighted by molar-refractivity contribution is 5.33. The molecule has 0 amide bonds. The van der Waals surface area contributed by atoms with Gasteiger partial charge in [0.05, 0.1) is 0 Å². The Balaban J connectivity index is 1.85. The van der Waals surface area contributed by atoms with Gasteiger partial charge >= 0.3 is 5.85 Å². The number of allylic oxidation sites excluding steroid dienone is 2. The number of fused-ring (bicyclic) bond motifs is 1. The van der Waals surface area contributed by atoms with Gasteiger partial charge in [-0.15, -0.1) is 0 Å². The zero-order valence-electron chi connectivity index (χ0n) is 8.88. The fourth-order valence-corrected chi connectivity index (χ4v) is 1.67. The first-order chi connectivity index (χ1) is 7.68. The molecule has 2 heterocycles. The number of hydrogen-bond donors (Lipinski definition) is 1. The molecule has 1 saturated heterocycles. The Kier molecular flexibility index (Phi) is 1.83. The first-order valence-corrected chi connectivity index (χ1v) is 5.09. The summed E-state index contributed by atoms with van der Waals surface area (Å²) in [6, 6.07) is 7.80. The summed E-state index contributed by atoms with van der Waals surface area (Å²) in [5, 5.41) is 1.55. The minimum Gasteiger partial charge on any atom is -0.455 e. The van der Waals surface area contributed by atoms with Crippen molar-refractivity contribution in [2.24, 2.45) is 5.73 Å². The minimum absolute atomic E-state index is 0.598. The second-order valence-corrected chi connectivity index (χ2v) is 3.90. The highest BCUT2D eigenvalue weighted by Crippen LogP contribution is 2.39. The van der Waals surface area contributed by atoms with Crippen molar-refractivity contribution in [1.82, 2.24) is 5.06 Å². The van der Waals surface area contributed by atoms with E-state index >= 15 is 0 Å². The lowest BCUT2D eigenvalue weighted by Crippen LogP contribution is -2.34. The molecule has 16 heavy (non-hydrogen) atoms. The summed E-state index contributed by atoms with van der Waals surface area (Å²) in [6.07, 6.45) is 5.41. The maximum absolute atomic E-state index is 5.94. The SMILES string of the molecule is Cc1cccc(OC2=CC=CN3OC23N)c1. The lowest BCUT2D eigenvalue weighted by atomic mass is 10.2. The van der Waals surface area contributed by atoms with Crippen LogP contribution in [0.25, 0.3) is 0 Å². The van der Waals surface area contributed by atoms with Gasteiger partial charge in [-0.1, -0.05) is 12.1 Å².